The van der Waals surface area contributed by atoms with Gasteiger partial charge in [0.25, 0.3) is 0 Å². The molecule has 0 aliphatic heterocycles. The summed E-state index contributed by atoms with van der Waals surface area (Å²) in [6.07, 6.45) is -43.3. The fraction of sp³-hybridized carbons (Fsp3) is 1.00. The number of alkyl halides is 30. The Morgan fingerprint density at radius 3 is 0.736 bits per heavy atom. The second kappa shape index (κ2) is 13.6. The van der Waals surface area contributed by atoms with E-state index in [2.05, 4.69) is 0 Å². The second-order valence-electron chi connectivity index (χ2n) is 9.92. The van der Waals surface area contributed by atoms with Gasteiger partial charge >= 0.3 is 91.6 Å². The molecule has 35 heteroatoms. The van der Waals surface area contributed by atoms with Crippen LogP contribution >= 0.6 is 7.82 Å². The summed E-state index contributed by atoms with van der Waals surface area (Å²) in [6.45, 7) is 0. The highest BCUT2D eigenvalue weighted by molar-refractivity contribution is 7.47. The fourth-order valence-electron chi connectivity index (χ4n) is 2.95. The summed E-state index contributed by atoms with van der Waals surface area (Å²) in [7, 11) is -9.09. The first-order valence-electron chi connectivity index (χ1n) is 11.7. The van der Waals surface area contributed by atoms with Gasteiger partial charge in [-0.05, 0) is 0 Å². The molecule has 1 N–H and O–H groups in total. The molecule has 0 aromatic rings. The first-order valence-corrected chi connectivity index (χ1v) is 13.2. The van der Waals surface area contributed by atoms with Crippen molar-refractivity contribution in [3.05, 3.63) is 0 Å². The summed E-state index contributed by atoms with van der Waals surface area (Å²) in [5.74, 6) is -85.2. The molecule has 320 valence electrons. The van der Waals surface area contributed by atoms with Gasteiger partial charge in [-0.1, -0.05) is 0 Å². The highest BCUT2D eigenvalue weighted by atomic mass is 31.2. The van der Waals surface area contributed by atoms with Crippen molar-refractivity contribution in [1.82, 2.24) is 0 Å². The predicted octanol–water partition coefficient (Wildman–Crippen LogP) is 11.3. The summed E-state index contributed by atoms with van der Waals surface area (Å²) >= 11 is 0. The highest BCUT2D eigenvalue weighted by Gasteiger charge is 2.94. The Hall–Kier alpha value is -1.99. The maximum Gasteiger partial charge on any atom is 0.482 e. The largest absolute Gasteiger partial charge is 0.482 e. The van der Waals surface area contributed by atoms with Gasteiger partial charge in [-0.15, -0.1) is 0 Å². The molecule has 0 aliphatic rings. The predicted molar refractivity (Wildman–Crippen MR) is 102 cm³/mol. The Kier molecular flexibility index (Phi) is 13.1. The summed E-state index contributed by atoms with van der Waals surface area (Å²) < 4.78 is 413. The highest BCUT2D eigenvalue weighted by Crippen LogP contribution is 2.67. The molecule has 0 aromatic carbocycles. The molecule has 0 heterocycles. The summed E-state index contributed by atoms with van der Waals surface area (Å²) in [6, 6.07) is 0. The van der Waals surface area contributed by atoms with Crippen molar-refractivity contribution in [3.63, 3.8) is 0 Å². The van der Waals surface area contributed by atoms with Crippen LogP contribution in [0.15, 0.2) is 0 Å². The van der Waals surface area contributed by atoms with Gasteiger partial charge in [-0.25, -0.2) is 13.6 Å². The molecule has 0 amide bonds. The molecule has 4 nitrogen and oxygen atoms in total. The molecular weight excluding hydrogens is 881 g/mol. The Morgan fingerprint density at radius 1 is 0.321 bits per heavy atom. The summed E-state index contributed by atoms with van der Waals surface area (Å²) in [5.41, 5.74) is 0. The van der Waals surface area contributed by atoms with Crippen LogP contribution < -0.4 is 0 Å². The third-order valence-electron chi connectivity index (χ3n) is 5.92. The molecule has 53 heavy (non-hydrogen) atoms. The molecule has 0 saturated carbocycles. The minimum Gasteiger partial charge on any atom is -0.302 e. The Balaban J connectivity index is 6.84. The molecule has 0 bridgehead atoms. The zero-order valence-corrected chi connectivity index (χ0v) is 24.2. The van der Waals surface area contributed by atoms with Crippen molar-refractivity contribution in [1.29, 1.82) is 0 Å². The van der Waals surface area contributed by atoms with E-state index in [0.717, 1.165) is 0 Å². The minimum absolute atomic E-state index is 1.35. The molecule has 0 rings (SSSR count). The topological polar surface area (TPSA) is 55.8 Å². The molecule has 1 unspecified atom stereocenters. The van der Waals surface area contributed by atoms with Crippen LogP contribution in [0.2, 0.25) is 0 Å². The van der Waals surface area contributed by atoms with Crippen LogP contribution in [0.3, 0.4) is 0 Å². The van der Waals surface area contributed by atoms with Crippen LogP contribution in [-0.4, -0.2) is 88.7 Å². The number of hydrogen-bond donors (Lipinski definition) is 1. The number of halogens is 30. The van der Waals surface area contributed by atoms with Crippen molar-refractivity contribution in [3.8, 4) is 0 Å². The van der Waals surface area contributed by atoms with E-state index in [1.54, 1.807) is 0 Å². The Bertz CT molecular complexity index is 1330. The molecule has 0 radical (unpaired) electrons. The van der Waals surface area contributed by atoms with E-state index >= 15 is 0 Å². The van der Waals surface area contributed by atoms with Gasteiger partial charge in [0.2, 0.25) is 0 Å². The third kappa shape index (κ3) is 8.87. The lowest BCUT2D eigenvalue weighted by Crippen LogP contribution is -2.73. The van der Waals surface area contributed by atoms with E-state index in [9.17, 15) is 136 Å². The van der Waals surface area contributed by atoms with E-state index in [1.165, 1.54) is 9.05 Å². The first-order chi connectivity index (χ1) is 22.3. The van der Waals surface area contributed by atoms with Crippen molar-refractivity contribution < 1.29 is 150 Å². The van der Waals surface area contributed by atoms with Gasteiger partial charge in [-0.2, -0.15) is 132 Å². The van der Waals surface area contributed by atoms with Gasteiger partial charge in [0.1, 0.15) is 0 Å². The van der Waals surface area contributed by atoms with Gasteiger partial charge in [0.15, 0.2) is 0 Å². The van der Waals surface area contributed by atoms with Gasteiger partial charge in [-0.3, -0.25) is 0 Å². The van der Waals surface area contributed by atoms with Crippen LogP contribution in [0.5, 0.6) is 0 Å². The number of phosphoric ester groups is 1. The van der Waals surface area contributed by atoms with Gasteiger partial charge in [0.05, 0.1) is 0 Å². The third-order valence-corrected chi connectivity index (χ3v) is 6.84. The smallest absolute Gasteiger partial charge is 0.302 e. The maximum atomic E-state index is 13.8. The molecule has 0 aromatic heterocycles. The zero-order chi connectivity index (χ0) is 43.7. The van der Waals surface area contributed by atoms with E-state index in [0.29, 0.717) is 0 Å². The average molecular weight is 890 g/mol. The Morgan fingerprint density at radius 2 is 0.509 bits per heavy atom. The van der Waals surface area contributed by atoms with E-state index in [-0.39, 0.29) is 0 Å². The molecular formula is C18H9F30O4P. The monoisotopic (exact) mass is 890 g/mol. The van der Waals surface area contributed by atoms with Crippen LogP contribution in [0, 0.1) is 0 Å². The van der Waals surface area contributed by atoms with Crippen LogP contribution in [0.4, 0.5) is 132 Å². The fourth-order valence-corrected chi connectivity index (χ4v) is 3.79. The van der Waals surface area contributed by atoms with Crippen LogP contribution in [0.25, 0.3) is 0 Å². The quantitative estimate of drug-likeness (QED) is 0.110. The van der Waals surface area contributed by atoms with E-state index in [4.69, 9.17) is 4.89 Å². The number of phosphoric acid groups is 1. The lowest BCUT2D eigenvalue weighted by atomic mass is 9.89. The first kappa shape index (κ1) is 51.0. The van der Waals surface area contributed by atoms with Crippen molar-refractivity contribution in [2.45, 2.75) is 109 Å². The second-order valence-corrected chi connectivity index (χ2v) is 11.2. The zero-order valence-electron chi connectivity index (χ0n) is 23.3. The van der Waals surface area contributed by atoms with E-state index < -0.39 is 117 Å². The molecule has 1 atom stereocenters. The maximum absolute atomic E-state index is 13.8. The normalized spacial score (nSPS) is 17.6. The standard InChI is InChI=1S/C18H9F30O4P/c19-5(20,1-3-7(23,24)25)9(29,30)11(33,34)13(37,38)14(39,40)16(43,44)18(47,48)52-53(49,50)51-17(45,46)15(41,42)12(35,36)10(31,32)6(21,22)2-4-8(26,27)28/h1-4H2,(H,49,50). The van der Waals surface area contributed by atoms with Crippen LogP contribution in [-0.2, 0) is 13.6 Å². The Labute approximate surface area is 268 Å². The van der Waals surface area contributed by atoms with Crippen molar-refractivity contribution >= 4 is 7.82 Å². The molecule has 0 spiro atoms. The van der Waals surface area contributed by atoms with Crippen molar-refractivity contribution in [2.24, 2.45) is 0 Å². The summed E-state index contributed by atoms with van der Waals surface area (Å²) in [4.78, 5) is 8.59. The minimum atomic E-state index is -9.28. The SMILES string of the molecule is O=P(O)(OC(F)(F)C(F)(F)C(F)(F)C(F)(F)C(F)(F)CCC(F)(F)F)OC(F)(F)C(F)(F)C(F)(F)C(F)(F)C(F)(F)C(F)(F)C(F)(F)CCC(F)(F)F. The number of hydrogen-bond acceptors (Lipinski definition) is 3. The molecule has 0 fully saturated rings. The molecule has 0 saturated heterocycles. The van der Waals surface area contributed by atoms with Crippen LogP contribution in [0.1, 0.15) is 25.7 Å². The lowest BCUT2D eigenvalue weighted by molar-refractivity contribution is -0.461. The lowest BCUT2D eigenvalue weighted by Gasteiger charge is -2.42. The van der Waals surface area contributed by atoms with E-state index in [1.807, 2.05) is 0 Å². The molecule has 0 aliphatic carbocycles. The summed E-state index contributed by atoms with van der Waals surface area (Å²) in [5, 5.41) is 0. The van der Waals surface area contributed by atoms with Crippen molar-refractivity contribution in [2.75, 3.05) is 0 Å². The van der Waals surface area contributed by atoms with Gasteiger partial charge in [0, 0.05) is 25.7 Å². The van der Waals surface area contributed by atoms with Gasteiger partial charge < -0.3 is 4.89 Å². The average Bonchev–Trinajstić information content (AvgIpc) is 2.87. The number of rotatable bonds is 18.